The first-order valence-electron chi connectivity index (χ1n) is 9.17. The molecule has 0 radical (unpaired) electrons. The molecule has 0 aromatic carbocycles. The Bertz CT molecular complexity index is 468. The molecular weight excluding hydrogens is 306 g/mol. The molecule has 0 fully saturated rings. The van der Waals surface area contributed by atoms with Gasteiger partial charge in [0, 0.05) is 12.6 Å². The van der Waals surface area contributed by atoms with Gasteiger partial charge in [-0.25, -0.2) is 4.79 Å². The van der Waals surface area contributed by atoms with Gasteiger partial charge in [0.1, 0.15) is 5.57 Å². The van der Waals surface area contributed by atoms with Crippen LogP contribution in [-0.4, -0.2) is 18.5 Å². The molecule has 0 spiro atoms. The monoisotopic (exact) mass is 337 g/mol. The molecule has 1 N–H and O–H groups in total. The molecule has 0 aromatic heterocycles. The van der Waals surface area contributed by atoms with E-state index >= 15 is 0 Å². The lowest BCUT2D eigenvalue weighted by atomic mass is 9.96. The van der Waals surface area contributed by atoms with Gasteiger partial charge in [0.05, 0.1) is 12.5 Å². The molecule has 0 saturated carbocycles. The predicted octanol–water partition coefficient (Wildman–Crippen LogP) is 4.20. The maximum absolute atomic E-state index is 12.5. The Hall–Kier alpha value is -1.78. The lowest BCUT2D eigenvalue weighted by Crippen LogP contribution is -2.26. The first-order valence-corrected chi connectivity index (χ1v) is 9.17. The van der Waals surface area contributed by atoms with E-state index in [4.69, 9.17) is 9.47 Å². The van der Waals surface area contributed by atoms with Crippen molar-refractivity contribution >= 4 is 11.9 Å². The summed E-state index contributed by atoms with van der Waals surface area (Å²) in [5.74, 6) is -0.591. The Balaban J connectivity index is 2.70. The van der Waals surface area contributed by atoms with Gasteiger partial charge in [-0.3, -0.25) is 4.79 Å². The number of nitrogens with one attached hydrogen (secondary N) is 1. The second kappa shape index (κ2) is 11.7. The highest BCUT2D eigenvalue weighted by Gasteiger charge is 2.25. The standard InChI is InChI=1S/C19H31NO4/c1-4-7-8-9-12-15(11-5-2)18(21)24-17-16(13-10-14-20-17)19(22)23-6-3/h10,14-15,20H,4-9,11-13H2,1-3H3/t15-/m1/s1. The van der Waals surface area contributed by atoms with Crippen LogP contribution in [0.15, 0.2) is 23.7 Å². The minimum atomic E-state index is -0.438. The van der Waals surface area contributed by atoms with Gasteiger partial charge in [-0.2, -0.15) is 0 Å². The molecule has 0 unspecified atom stereocenters. The third kappa shape index (κ3) is 6.77. The van der Waals surface area contributed by atoms with E-state index in [0.29, 0.717) is 18.6 Å². The molecule has 0 bridgehead atoms. The summed E-state index contributed by atoms with van der Waals surface area (Å²) in [5, 5.41) is 2.87. The van der Waals surface area contributed by atoms with Gasteiger partial charge in [-0.1, -0.05) is 52.0 Å². The molecule has 5 heteroatoms. The lowest BCUT2D eigenvalue weighted by molar-refractivity contribution is -0.145. The topological polar surface area (TPSA) is 64.6 Å². The van der Waals surface area contributed by atoms with Crippen LogP contribution in [0.1, 0.15) is 72.1 Å². The van der Waals surface area contributed by atoms with Crippen LogP contribution in [-0.2, 0) is 19.1 Å². The zero-order valence-corrected chi connectivity index (χ0v) is 15.2. The fourth-order valence-electron chi connectivity index (χ4n) is 2.71. The smallest absolute Gasteiger partial charge is 0.339 e. The second-order valence-electron chi connectivity index (χ2n) is 6.04. The summed E-state index contributed by atoms with van der Waals surface area (Å²) in [5.41, 5.74) is 0.369. The maximum atomic E-state index is 12.5. The molecule has 1 aliphatic heterocycles. The Morgan fingerprint density at radius 2 is 1.92 bits per heavy atom. The predicted molar refractivity (Wildman–Crippen MR) is 93.8 cm³/mol. The molecule has 1 aliphatic rings. The van der Waals surface area contributed by atoms with Crippen molar-refractivity contribution < 1.29 is 19.1 Å². The highest BCUT2D eigenvalue weighted by Crippen LogP contribution is 2.22. The van der Waals surface area contributed by atoms with Crippen LogP contribution >= 0.6 is 0 Å². The third-order valence-electron chi connectivity index (χ3n) is 4.03. The average Bonchev–Trinajstić information content (AvgIpc) is 2.58. The first-order chi connectivity index (χ1) is 11.6. The molecule has 0 saturated heterocycles. The van der Waals surface area contributed by atoms with Crippen LogP contribution in [0.4, 0.5) is 0 Å². The molecule has 1 atom stereocenters. The van der Waals surface area contributed by atoms with E-state index in [1.165, 1.54) is 12.8 Å². The fraction of sp³-hybridized carbons (Fsp3) is 0.684. The number of hydrogen-bond donors (Lipinski definition) is 1. The summed E-state index contributed by atoms with van der Waals surface area (Å²) in [6.45, 7) is 6.29. The summed E-state index contributed by atoms with van der Waals surface area (Å²) in [7, 11) is 0. The fourth-order valence-corrected chi connectivity index (χ4v) is 2.71. The van der Waals surface area contributed by atoms with Crippen molar-refractivity contribution in [2.24, 2.45) is 5.92 Å². The van der Waals surface area contributed by atoms with Gasteiger partial charge >= 0.3 is 11.9 Å². The van der Waals surface area contributed by atoms with Crippen LogP contribution in [0, 0.1) is 5.92 Å². The number of unbranched alkanes of at least 4 members (excludes halogenated alkanes) is 3. The minimum Gasteiger partial charge on any atom is -0.462 e. The van der Waals surface area contributed by atoms with Crippen LogP contribution in [0.25, 0.3) is 0 Å². The number of ether oxygens (including phenoxy) is 2. The van der Waals surface area contributed by atoms with Gasteiger partial charge in [0.15, 0.2) is 0 Å². The number of allylic oxidation sites excluding steroid dienone is 1. The molecule has 0 aliphatic carbocycles. The SMILES string of the molecule is CCCCCC[C@@H](CCC)C(=O)OC1=C(C(=O)OCC)CC=CN1. The van der Waals surface area contributed by atoms with Crippen molar-refractivity contribution in [3.63, 3.8) is 0 Å². The van der Waals surface area contributed by atoms with Crippen LogP contribution < -0.4 is 5.32 Å². The molecule has 0 aromatic rings. The second-order valence-corrected chi connectivity index (χ2v) is 6.04. The highest BCUT2D eigenvalue weighted by atomic mass is 16.6. The molecule has 1 heterocycles. The van der Waals surface area contributed by atoms with Gasteiger partial charge in [-0.05, 0) is 19.8 Å². The van der Waals surface area contributed by atoms with E-state index in [0.717, 1.165) is 32.1 Å². The maximum Gasteiger partial charge on any atom is 0.339 e. The summed E-state index contributed by atoms with van der Waals surface area (Å²) >= 11 is 0. The Labute approximate surface area is 145 Å². The third-order valence-corrected chi connectivity index (χ3v) is 4.03. The van der Waals surface area contributed by atoms with E-state index in [2.05, 4.69) is 19.2 Å². The normalized spacial score (nSPS) is 15.0. The van der Waals surface area contributed by atoms with Crippen molar-refractivity contribution in [1.29, 1.82) is 0 Å². The van der Waals surface area contributed by atoms with E-state index in [9.17, 15) is 9.59 Å². The summed E-state index contributed by atoms with van der Waals surface area (Å²) in [6, 6.07) is 0. The van der Waals surface area contributed by atoms with Crippen LogP contribution in [0.3, 0.4) is 0 Å². The van der Waals surface area contributed by atoms with Crippen LogP contribution in [0.2, 0.25) is 0 Å². The summed E-state index contributed by atoms with van der Waals surface area (Å²) in [6.07, 6.45) is 11.0. The first kappa shape index (κ1) is 20.3. The zero-order valence-electron chi connectivity index (χ0n) is 15.2. The molecule has 5 nitrogen and oxygen atoms in total. The lowest BCUT2D eigenvalue weighted by Gasteiger charge is -2.20. The quantitative estimate of drug-likeness (QED) is 0.452. The number of rotatable bonds is 11. The van der Waals surface area contributed by atoms with Gasteiger partial charge in [-0.15, -0.1) is 0 Å². The molecular formula is C19H31NO4. The van der Waals surface area contributed by atoms with Crippen molar-refractivity contribution in [2.75, 3.05) is 6.61 Å². The van der Waals surface area contributed by atoms with E-state index in [1.807, 2.05) is 0 Å². The van der Waals surface area contributed by atoms with E-state index in [-0.39, 0.29) is 17.8 Å². The Kier molecular flexibility index (Phi) is 9.89. The van der Waals surface area contributed by atoms with Gasteiger partial charge < -0.3 is 14.8 Å². The van der Waals surface area contributed by atoms with Crippen molar-refractivity contribution in [1.82, 2.24) is 5.32 Å². The average molecular weight is 337 g/mol. The number of esters is 2. The molecule has 136 valence electrons. The molecule has 0 amide bonds. The summed E-state index contributed by atoms with van der Waals surface area (Å²) in [4.78, 5) is 24.5. The van der Waals surface area contributed by atoms with Crippen LogP contribution in [0.5, 0.6) is 0 Å². The number of hydrogen-bond acceptors (Lipinski definition) is 5. The van der Waals surface area contributed by atoms with Crippen molar-refractivity contribution in [3.05, 3.63) is 23.7 Å². The Morgan fingerprint density at radius 3 is 2.58 bits per heavy atom. The number of dihydropyridines is 1. The largest absolute Gasteiger partial charge is 0.462 e. The molecule has 24 heavy (non-hydrogen) atoms. The minimum absolute atomic E-state index is 0.115. The van der Waals surface area contributed by atoms with E-state index in [1.54, 1.807) is 19.2 Å². The van der Waals surface area contributed by atoms with Gasteiger partial charge in [0.25, 0.3) is 0 Å². The number of carbonyl (C=O) groups excluding carboxylic acids is 2. The van der Waals surface area contributed by atoms with Gasteiger partial charge in [0.2, 0.25) is 5.88 Å². The Morgan fingerprint density at radius 1 is 1.12 bits per heavy atom. The van der Waals surface area contributed by atoms with Crippen molar-refractivity contribution in [2.45, 2.75) is 72.1 Å². The van der Waals surface area contributed by atoms with Crippen molar-refractivity contribution in [3.8, 4) is 0 Å². The highest BCUT2D eigenvalue weighted by molar-refractivity contribution is 5.90. The zero-order chi connectivity index (χ0) is 17.8. The summed E-state index contributed by atoms with van der Waals surface area (Å²) < 4.78 is 10.6. The molecule has 1 rings (SSSR count). The number of carbonyl (C=O) groups is 2. The van der Waals surface area contributed by atoms with E-state index < -0.39 is 5.97 Å².